The van der Waals surface area contributed by atoms with Crippen molar-refractivity contribution in [3.05, 3.63) is 35.8 Å². The van der Waals surface area contributed by atoms with Gasteiger partial charge in [-0.05, 0) is 13.2 Å². The van der Waals surface area contributed by atoms with Crippen LogP contribution in [0.5, 0.6) is 0 Å². The number of hydrogen-bond acceptors (Lipinski definition) is 5. The van der Waals surface area contributed by atoms with Gasteiger partial charge in [-0.3, -0.25) is 4.79 Å². The van der Waals surface area contributed by atoms with Crippen molar-refractivity contribution in [2.24, 2.45) is 11.8 Å². The van der Waals surface area contributed by atoms with Crippen molar-refractivity contribution in [1.82, 2.24) is 9.30 Å². The average Bonchev–Trinajstić information content (AvgIpc) is 3.22. The molecule has 4 heterocycles. The van der Waals surface area contributed by atoms with Gasteiger partial charge in [0.05, 0.1) is 22.9 Å². The molecule has 2 aliphatic rings. The van der Waals surface area contributed by atoms with Crippen LogP contribution >= 0.6 is 23.1 Å². The summed E-state index contributed by atoms with van der Waals surface area (Å²) in [5, 5.41) is 20.9. The van der Waals surface area contributed by atoms with Gasteiger partial charge in [0.2, 0.25) is 15.8 Å². The number of carbonyl (C=O) groups is 2. The Morgan fingerprint density at radius 3 is 2.82 bits per heavy atom. The van der Waals surface area contributed by atoms with Crippen LogP contribution in [0.15, 0.2) is 35.9 Å². The van der Waals surface area contributed by atoms with E-state index in [-0.39, 0.29) is 23.6 Å². The first kappa shape index (κ1) is 19.2. The highest BCUT2D eigenvalue weighted by molar-refractivity contribution is 7.98. The molecule has 1 saturated heterocycles. The predicted octanol–water partition coefficient (Wildman–Crippen LogP) is 1.85. The van der Waals surface area contributed by atoms with E-state index in [9.17, 15) is 19.8 Å². The summed E-state index contributed by atoms with van der Waals surface area (Å²) in [5.74, 6) is -2.13. The highest BCUT2D eigenvalue weighted by Crippen LogP contribution is 2.51. The zero-order chi connectivity index (χ0) is 20.3. The first-order valence-corrected chi connectivity index (χ1v) is 11.0. The number of hydrogen-bond donors (Lipinski definition) is 2. The highest BCUT2D eigenvalue weighted by atomic mass is 32.2. The summed E-state index contributed by atoms with van der Waals surface area (Å²) in [6.45, 7) is 8.01. The van der Waals surface area contributed by atoms with E-state index in [1.165, 1.54) is 16.2 Å². The first-order chi connectivity index (χ1) is 13.3. The standard InChI is InChI=1S/C19H21N3O4S2/c1-5-6-20-8-21-7-11(28-18(21)17(20)27-4)12-9(2)14-13(10(3)23)16(24)22(14)15(12)19(25)26/h5,7-10,13-14,23H,1,6H2,2-4H3/p+1/t9-,10+,13+,14+/m0/s1. The van der Waals surface area contributed by atoms with Crippen LogP contribution in [0.1, 0.15) is 18.7 Å². The molecule has 9 heteroatoms. The number of imidazole rings is 1. The molecule has 0 saturated carbocycles. The number of aliphatic carboxylic acids is 1. The summed E-state index contributed by atoms with van der Waals surface area (Å²) in [6, 6.07) is -0.305. The Balaban J connectivity index is 1.84. The van der Waals surface area contributed by atoms with Gasteiger partial charge < -0.3 is 15.1 Å². The largest absolute Gasteiger partial charge is 0.477 e. The maximum atomic E-state index is 12.5. The van der Waals surface area contributed by atoms with Crippen molar-refractivity contribution < 1.29 is 24.4 Å². The van der Waals surface area contributed by atoms with E-state index >= 15 is 0 Å². The van der Waals surface area contributed by atoms with Crippen molar-refractivity contribution in [2.45, 2.75) is 37.6 Å². The molecular weight excluding hydrogens is 398 g/mol. The number of β-lactam (4-membered cyclic amide) rings is 1. The summed E-state index contributed by atoms with van der Waals surface area (Å²) in [7, 11) is 0. The van der Waals surface area contributed by atoms with Crippen LogP contribution in [0.3, 0.4) is 0 Å². The maximum Gasteiger partial charge on any atom is 0.352 e. The number of aliphatic hydroxyl groups excluding tert-OH is 1. The predicted molar refractivity (Wildman–Crippen MR) is 107 cm³/mol. The van der Waals surface area contributed by atoms with Gasteiger partial charge in [-0.25, -0.2) is 9.36 Å². The summed E-state index contributed by atoms with van der Waals surface area (Å²) < 4.78 is 4.09. The molecule has 4 rings (SSSR count). The van der Waals surface area contributed by atoms with Gasteiger partial charge in [-0.1, -0.05) is 42.7 Å². The second-order valence-electron chi connectivity index (χ2n) is 7.19. The SMILES string of the molecule is C=CC[n+]1cn2cc(C3=C(C(=O)O)N4C(=O)[C@H]([C@@H](C)O)[C@H]4[C@H]3C)sc2c1SC. The van der Waals surface area contributed by atoms with E-state index in [0.717, 1.165) is 14.7 Å². The van der Waals surface area contributed by atoms with Gasteiger partial charge in [-0.2, -0.15) is 4.40 Å². The average molecular weight is 421 g/mol. The molecule has 0 aromatic carbocycles. The molecule has 28 heavy (non-hydrogen) atoms. The number of thiazole rings is 1. The minimum Gasteiger partial charge on any atom is -0.477 e. The van der Waals surface area contributed by atoms with Gasteiger partial charge in [0.15, 0.2) is 0 Å². The van der Waals surface area contributed by atoms with Crippen molar-refractivity contribution in [3.63, 3.8) is 0 Å². The van der Waals surface area contributed by atoms with Gasteiger partial charge in [0, 0.05) is 11.5 Å². The number of carboxylic acid groups (broad SMARTS) is 1. The van der Waals surface area contributed by atoms with Crippen LogP contribution in [0.2, 0.25) is 0 Å². The molecular formula is C19H22N3O4S2+. The minimum absolute atomic E-state index is 0.0496. The van der Waals surface area contributed by atoms with Crippen molar-refractivity contribution in [3.8, 4) is 0 Å². The van der Waals surface area contributed by atoms with E-state index in [1.54, 1.807) is 18.7 Å². The molecule has 4 atom stereocenters. The van der Waals surface area contributed by atoms with Crippen LogP contribution in [0.25, 0.3) is 10.4 Å². The number of carboxylic acids is 1. The van der Waals surface area contributed by atoms with Crippen molar-refractivity contribution in [1.29, 1.82) is 0 Å². The normalized spacial score (nSPS) is 25.2. The molecule has 7 nitrogen and oxygen atoms in total. The van der Waals surface area contributed by atoms with Crippen LogP contribution < -0.4 is 4.57 Å². The quantitative estimate of drug-likeness (QED) is 0.322. The Bertz CT molecular complexity index is 1040. The number of fused-ring (bicyclic) bond motifs is 2. The molecule has 2 aromatic heterocycles. The number of aliphatic hydroxyl groups is 1. The van der Waals surface area contributed by atoms with E-state index in [0.29, 0.717) is 12.1 Å². The first-order valence-electron chi connectivity index (χ1n) is 8.99. The molecule has 1 fully saturated rings. The fourth-order valence-corrected chi connectivity index (χ4v) is 6.61. The number of amides is 1. The zero-order valence-electron chi connectivity index (χ0n) is 15.8. The number of aromatic nitrogens is 2. The molecule has 1 amide bonds. The van der Waals surface area contributed by atoms with Crippen LogP contribution in [-0.2, 0) is 16.1 Å². The molecule has 0 aliphatic carbocycles. The molecule has 0 bridgehead atoms. The van der Waals surface area contributed by atoms with Crippen molar-refractivity contribution >= 4 is 45.4 Å². The van der Waals surface area contributed by atoms with Crippen LogP contribution in [0.4, 0.5) is 0 Å². The smallest absolute Gasteiger partial charge is 0.352 e. The lowest BCUT2D eigenvalue weighted by Crippen LogP contribution is -2.63. The minimum atomic E-state index is -1.10. The molecule has 2 aliphatic heterocycles. The van der Waals surface area contributed by atoms with E-state index in [1.807, 2.05) is 36.2 Å². The number of nitrogens with zero attached hydrogens (tertiary/aromatic N) is 3. The Morgan fingerprint density at radius 2 is 2.25 bits per heavy atom. The Kier molecular flexibility index (Phi) is 4.64. The highest BCUT2D eigenvalue weighted by Gasteiger charge is 2.60. The number of allylic oxidation sites excluding steroid dienone is 1. The van der Waals surface area contributed by atoms with Gasteiger partial charge in [0.1, 0.15) is 18.4 Å². The third-order valence-electron chi connectivity index (χ3n) is 5.56. The van der Waals surface area contributed by atoms with Gasteiger partial charge in [-0.15, -0.1) is 0 Å². The fourth-order valence-electron chi connectivity index (χ4n) is 4.42. The molecule has 0 spiro atoms. The van der Waals surface area contributed by atoms with Gasteiger partial charge in [0.25, 0.3) is 6.33 Å². The fraction of sp³-hybridized carbons (Fsp3) is 0.421. The molecule has 0 unspecified atom stereocenters. The Morgan fingerprint density at radius 1 is 1.54 bits per heavy atom. The second kappa shape index (κ2) is 6.75. The van der Waals surface area contributed by atoms with E-state index in [2.05, 4.69) is 11.1 Å². The topological polar surface area (TPSA) is 86.1 Å². The summed E-state index contributed by atoms with van der Waals surface area (Å²) >= 11 is 3.15. The third-order valence-corrected chi connectivity index (χ3v) is 7.65. The van der Waals surface area contributed by atoms with Crippen LogP contribution in [-0.4, -0.2) is 49.8 Å². The second-order valence-corrected chi connectivity index (χ2v) is 9.02. The summed E-state index contributed by atoms with van der Waals surface area (Å²) in [5.41, 5.74) is 0.721. The lowest BCUT2D eigenvalue weighted by Gasteiger charge is -2.46. The maximum absolute atomic E-state index is 12.5. The number of rotatable bonds is 6. The molecule has 0 radical (unpaired) electrons. The lowest BCUT2D eigenvalue weighted by molar-refractivity contribution is -0.720. The zero-order valence-corrected chi connectivity index (χ0v) is 17.5. The third kappa shape index (κ3) is 2.49. The molecule has 2 N–H and O–H groups in total. The van der Waals surface area contributed by atoms with Crippen LogP contribution in [0, 0.1) is 11.8 Å². The molecule has 148 valence electrons. The Hall–Kier alpha value is -2.10. The van der Waals surface area contributed by atoms with Gasteiger partial charge >= 0.3 is 5.97 Å². The number of thioether (sulfide) groups is 1. The van der Waals surface area contributed by atoms with Crippen molar-refractivity contribution in [2.75, 3.05) is 6.26 Å². The Labute approximate surface area is 170 Å². The number of carbonyl (C=O) groups excluding carboxylic acids is 1. The monoisotopic (exact) mass is 420 g/mol. The summed E-state index contributed by atoms with van der Waals surface area (Å²) in [4.78, 5) is 27.8. The lowest BCUT2D eigenvalue weighted by atomic mass is 9.77. The van der Waals surface area contributed by atoms with E-state index in [4.69, 9.17) is 0 Å². The van der Waals surface area contributed by atoms with E-state index < -0.39 is 18.0 Å². The molecule has 2 aromatic rings. The summed E-state index contributed by atoms with van der Waals surface area (Å²) in [6.07, 6.45) is 6.95.